The highest BCUT2D eigenvalue weighted by molar-refractivity contribution is 5.37. The summed E-state index contributed by atoms with van der Waals surface area (Å²) in [5.74, 6) is 1.64. The molecule has 0 aliphatic carbocycles. The molecule has 2 heteroatoms. The maximum absolute atomic E-state index is 5.87. The molecule has 17 heavy (non-hydrogen) atoms. The Morgan fingerprint density at radius 2 is 1.88 bits per heavy atom. The van der Waals surface area contributed by atoms with Gasteiger partial charge in [-0.2, -0.15) is 0 Å². The second kappa shape index (κ2) is 6.65. The topological polar surface area (TPSA) is 35.2 Å². The fourth-order valence-corrected chi connectivity index (χ4v) is 1.85. The van der Waals surface area contributed by atoms with Crippen LogP contribution in [0, 0.1) is 12.8 Å². The van der Waals surface area contributed by atoms with E-state index in [1.54, 1.807) is 0 Å². The zero-order chi connectivity index (χ0) is 12.8. The molecule has 1 rings (SSSR count). The molecular formula is C15H25NO. The molecule has 0 amide bonds. The van der Waals surface area contributed by atoms with E-state index in [0.717, 1.165) is 17.9 Å². The summed E-state index contributed by atoms with van der Waals surface area (Å²) in [5, 5.41) is 0. The van der Waals surface area contributed by atoms with E-state index >= 15 is 0 Å². The van der Waals surface area contributed by atoms with Gasteiger partial charge in [-0.1, -0.05) is 38.8 Å². The van der Waals surface area contributed by atoms with Crippen molar-refractivity contribution in [3.63, 3.8) is 0 Å². The number of nitrogens with two attached hydrogens (primary N) is 1. The van der Waals surface area contributed by atoms with Crippen LogP contribution in [0.15, 0.2) is 18.2 Å². The molecule has 1 atom stereocenters. The Morgan fingerprint density at radius 3 is 2.35 bits per heavy atom. The molecule has 1 unspecified atom stereocenters. The Balaban J connectivity index is 2.66. The first kappa shape index (κ1) is 14.0. The number of ether oxygens (including phenoxy) is 1. The fraction of sp³-hybridized carbons (Fsp3) is 0.600. The predicted octanol–water partition coefficient (Wildman–Crippen LogP) is 3.83. The van der Waals surface area contributed by atoms with Crippen molar-refractivity contribution in [1.82, 2.24) is 0 Å². The molecule has 0 saturated heterocycles. The van der Waals surface area contributed by atoms with Crippen LogP contribution >= 0.6 is 0 Å². The average Bonchev–Trinajstić information content (AvgIpc) is 2.31. The maximum atomic E-state index is 5.87. The van der Waals surface area contributed by atoms with Gasteiger partial charge in [0.25, 0.3) is 0 Å². The molecule has 0 radical (unpaired) electrons. The third-order valence-corrected chi connectivity index (χ3v) is 3.35. The minimum absolute atomic E-state index is 0.0850. The van der Waals surface area contributed by atoms with Crippen LogP contribution in [-0.4, -0.2) is 6.61 Å². The van der Waals surface area contributed by atoms with Crippen molar-refractivity contribution in [2.24, 2.45) is 11.7 Å². The van der Waals surface area contributed by atoms with E-state index in [1.165, 1.54) is 18.4 Å². The minimum atomic E-state index is 0.0850. The van der Waals surface area contributed by atoms with Crippen molar-refractivity contribution >= 4 is 0 Å². The lowest BCUT2D eigenvalue weighted by Crippen LogP contribution is -2.11. The molecule has 0 fully saturated rings. The number of hydrogen-bond donors (Lipinski definition) is 1. The van der Waals surface area contributed by atoms with Gasteiger partial charge in [0.15, 0.2) is 0 Å². The number of hydrogen-bond acceptors (Lipinski definition) is 2. The van der Waals surface area contributed by atoms with E-state index in [9.17, 15) is 0 Å². The molecule has 0 aromatic heterocycles. The van der Waals surface area contributed by atoms with Crippen molar-refractivity contribution in [2.75, 3.05) is 6.61 Å². The molecule has 2 N–H and O–H groups in total. The fourth-order valence-electron chi connectivity index (χ4n) is 1.85. The lowest BCUT2D eigenvalue weighted by atomic mass is 10.0. The average molecular weight is 235 g/mol. The first-order chi connectivity index (χ1) is 8.08. The van der Waals surface area contributed by atoms with Gasteiger partial charge in [0.1, 0.15) is 5.75 Å². The van der Waals surface area contributed by atoms with Gasteiger partial charge in [0.05, 0.1) is 6.61 Å². The van der Waals surface area contributed by atoms with E-state index in [-0.39, 0.29) is 6.04 Å². The molecule has 1 aromatic rings. The Bertz CT molecular complexity index is 343. The summed E-state index contributed by atoms with van der Waals surface area (Å²) in [6.07, 6.45) is 2.35. The smallest absolute Gasteiger partial charge is 0.122 e. The molecule has 0 aliphatic rings. The summed E-state index contributed by atoms with van der Waals surface area (Å²) >= 11 is 0. The Morgan fingerprint density at radius 1 is 1.24 bits per heavy atom. The number of benzene rings is 1. The molecule has 96 valence electrons. The van der Waals surface area contributed by atoms with Crippen molar-refractivity contribution in [1.29, 1.82) is 0 Å². The van der Waals surface area contributed by atoms with Gasteiger partial charge in [-0.05, 0) is 37.0 Å². The van der Waals surface area contributed by atoms with Crippen LogP contribution in [0.25, 0.3) is 0 Å². The van der Waals surface area contributed by atoms with E-state index in [4.69, 9.17) is 10.5 Å². The Labute approximate surface area is 105 Å². The second-order valence-electron chi connectivity index (χ2n) is 4.81. The van der Waals surface area contributed by atoms with Crippen LogP contribution in [0.2, 0.25) is 0 Å². The monoisotopic (exact) mass is 235 g/mol. The molecule has 0 heterocycles. The lowest BCUT2D eigenvalue weighted by Gasteiger charge is -2.16. The van der Waals surface area contributed by atoms with Crippen LogP contribution in [0.4, 0.5) is 0 Å². The SMILES string of the molecule is CCC(CC)COc1ccc(C(C)N)cc1C. The molecule has 0 aliphatic heterocycles. The summed E-state index contributed by atoms with van der Waals surface area (Å²) in [7, 11) is 0. The third kappa shape index (κ3) is 4.04. The molecule has 0 saturated carbocycles. The molecule has 1 aromatic carbocycles. The van der Waals surface area contributed by atoms with Crippen LogP contribution in [0.3, 0.4) is 0 Å². The lowest BCUT2D eigenvalue weighted by molar-refractivity contribution is 0.239. The van der Waals surface area contributed by atoms with E-state index in [2.05, 4.69) is 32.9 Å². The highest BCUT2D eigenvalue weighted by Gasteiger charge is 2.07. The standard InChI is InChI=1S/C15H25NO/c1-5-13(6-2)10-17-15-8-7-14(12(4)16)9-11(15)3/h7-9,12-13H,5-6,10,16H2,1-4H3. The Hall–Kier alpha value is -1.02. The highest BCUT2D eigenvalue weighted by atomic mass is 16.5. The molecule has 2 nitrogen and oxygen atoms in total. The predicted molar refractivity (Wildman–Crippen MR) is 73.3 cm³/mol. The summed E-state index contributed by atoms with van der Waals surface area (Å²) in [6.45, 7) is 9.31. The van der Waals surface area contributed by atoms with E-state index in [0.29, 0.717) is 5.92 Å². The van der Waals surface area contributed by atoms with E-state index in [1.807, 2.05) is 13.0 Å². The van der Waals surface area contributed by atoms with Gasteiger partial charge >= 0.3 is 0 Å². The summed E-state index contributed by atoms with van der Waals surface area (Å²) in [5.41, 5.74) is 8.19. The first-order valence-electron chi connectivity index (χ1n) is 6.57. The maximum Gasteiger partial charge on any atom is 0.122 e. The van der Waals surface area contributed by atoms with Crippen LogP contribution in [0.1, 0.15) is 50.8 Å². The number of aryl methyl sites for hydroxylation is 1. The van der Waals surface area contributed by atoms with Gasteiger partial charge in [-0.3, -0.25) is 0 Å². The normalized spacial score (nSPS) is 12.8. The van der Waals surface area contributed by atoms with Gasteiger partial charge in [-0.25, -0.2) is 0 Å². The number of rotatable bonds is 6. The zero-order valence-corrected chi connectivity index (χ0v) is 11.5. The van der Waals surface area contributed by atoms with Gasteiger partial charge in [0.2, 0.25) is 0 Å². The van der Waals surface area contributed by atoms with Crippen LogP contribution in [-0.2, 0) is 0 Å². The van der Waals surface area contributed by atoms with Crippen molar-refractivity contribution < 1.29 is 4.74 Å². The van der Waals surface area contributed by atoms with Crippen LogP contribution < -0.4 is 10.5 Å². The van der Waals surface area contributed by atoms with Crippen molar-refractivity contribution in [2.45, 2.75) is 46.6 Å². The first-order valence-corrected chi connectivity index (χ1v) is 6.57. The van der Waals surface area contributed by atoms with Gasteiger partial charge in [0, 0.05) is 6.04 Å². The summed E-state index contributed by atoms with van der Waals surface area (Å²) in [6, 6.07) is 6.30. The molecule has 0 spiro atoms. The molecular weight excluding hydrogens is 210 g/mol. The third-order valence-electron chi connectivity index (χ3n) is 3.35. The quantitative estimate of drug-likeness (QED) is 0.813. The van der Waals surface area contributed by atoms with Crippen molar-refractivity contribution in [3.8, 4) is 5.75 Å². The minimum Gasteiger partial charge on any atom is -0.493 e. The van der Waals surface area contributed by atoms with Gasteiger partial charge < -0.3 is 10.5 Å². The summed E-state index contributed by atoms with van der Waals surface area (Å²) in [4.78, 5) is 0. The summed E-state index contributed by atoms with van der Waals surface area (Å²) < 4.78 is 5.87. The van der Waals surface area contributed by atoms with Crippen molar-refractivity contribution in [3.05, 3.63) is 29.3 Å². The molecule has 0 bridgehead atoms. The van der Waals surface area contributed by atoms with Crippen LogP contribution in [0.5, 0.6) is 5.75 Å². The second-order valence-corrected chi connectivity index (χ2v) is 4.81. The largest absolute Gasteiger partial charge is 0.493 e. The zero-order valence-electron chi connectivity index (χ0n) is 11.5. The van der Waals surface area contributed by atoms with E-state index < -0.39 is 0 Å². The van der Waals surface area contributed by atoms with Gasteiger partial charge in [-0.15, -0.1) is 0 Å². The highest BCUT2D eigenvalue weighted by Crippen LogP contribution is 2.23. The Kier molecular flexibility index (Phi) is 5.49.